The number of nitrogens with one attached hydrogen (secondary N) is 1. The average Bonchev–Trinajstić information content (AvgIpc) is 2.66. The molecular weight excluding hydrogens is 338 g/mol. The molecule has 2 rings (SSSR count). The Labute approximate surface area is 149 Å². The van der Waals surface area contributed by atoms with Gasteiger partial charge in [-0.2, -0.15) is 5.26 Å². The Balaban J connectivity index is 2.27. The van der Waals surface area contributed by atoms with E-state index in [2.05, 4.69) is 5.32 Å². The molecule has 0 atom stereocenters. The first-order valence-electron chi connectivity index (χ1n) is 7.38. The molecular formula is C18H15N3O5. The van der Waals surface area contributed by atoms with Crippen molar-refractivity contribution >= 4 is 23.4 Å². The maximum Gasteiger partial charge on any atom is 0.269 e. The van der Waals surface area contributed by atoms with Crippen LogP contribution in [0.15, 0.2) is 48.0 Å². The van der Waals surface area contributed by atoms with E-state index in [9.17, 15) is 20.2 Å². The first-order chi connectivity index (χ1) is 12.5. The van der Waals surface area contributed by atoms with E-state index in [1.807, 2.05) is 6.07 Å². The molecule has 0 aliphatic rings. The molecule has 2 aromatic carbocycles. The summed E-state index contributed by atoms with van der Waals surface area (Å²) in [6.07, 6.45) is 1.38. The minimum Gasteiger partial charge on any atom is -0.497 e. The van der Waals surface area contributed by atoms with E-state index in [0.29, 0.717) is 22.7 Å². The van der Waals surface area contributed by atoms with Crippen molar-refractivity contribution in [3.63, 3.8) is 0 Å². The van der Waals surface area contributed by atoms with E-state index in [1.165, 1.54) is 44.6 Å². The van der Waals surface area contributed by atoms with Gasteiger partial charge in [-0.1, -0.05) is 0 Å². The van der Waals surface area contributed by atoms with Crippen LogP contribution >= 0.6 is 0 Å². The molecule has 0 saturated heterocycles. The Morgan fingerprint density at radius 2 is 1.88 bits per heavy atom. The van der Waals surface area contributed by atoms with Gasteiger partial charge in [-0.15, -0.1) is 0 Å². The summed E-state index contributed by atoms with van der Waals surface area (Å²) in [5, 5.41) is 22.5. The predicted octanol–water partition coefficient (Wildman–Crippen LogP) is 3.16. The maximum atomic E-state index is 12.3. The average molecular weight is 353 g/mol. The molecule has 2 aromatic rings. The summed E-state index contributed by atoms with van der Waals surface area (Å²) < 4.78 is 10.4. The van der Waals surface area contributed by atoms with Crippen LogP contribution in [0.4, 0.5) is 11.4 Å². The lowest BCUT2D eigenvalue weighted by Crippen LogP contribution is -2.13. The number of hydrogen-bond donors (Lipinski definition) is 1. The van der Waals surface area contributed by atoms with Crippen LogP contribution in [0.5, 0.6) is 11.5 Å². The number of rotatable bonds is 6. The van der Waals surface area contributed by atoms with Crippen molar-refractivity contribution in [2.24, 2.45) is 0 Å². The monoisotopic (exact) mass is 353 g/mol. The van der Waals surface area contributed by atoms with Crippen molar-refractivity contribution in [3.05, 3.63) is 63.7 Å². The predicted molar refractivity (Wildman–Crippen MR) is 94.9 cm³/mol. The molecule has 26 heavy (non-hydrogen) atoms. The highest BCUT2D eigenvalue weighted by molar-refractivity contribution is 6.09. The van der Waals surface area contributed by atoms with Gasteiger partial charge >= 0.3 is 0 Å². The van der Waals surface area contributed by atoms with Crippen LogP contribution in [0.25, 0.3) is 6.08 Å². The third-order valence-electron chi connectivity index (χ3n) is 3.44. The van der Waals surface area contributed by atoms with E-state index < -0.39 is 10.8 Å². The highest BCUT2D eigenvalue weighted by atomic mass is 16.6. The zero-order valence-corrected chi connectivity index (χ0v) is 14.1. The summed E-state index contributed by atoms with van der Waals surface area (Å²) in [6.45, 7) is 0. The van der Waals surface area contributed by atoms with Crippen LogP contribution in [-0.4, -0.2) is 25.1 Å². The highest BCUT2D eigenvalue weighted by Gasteiger charge is 2.13. The molecule has 0 heterocycles. The molecule has 132 valence electrons. The zero-order chi connectivity index (χ0) is 19.1. The van der Waals surface area contributed by atoms with E-state index >= 15 is 0 Å². The molecule has 0 saturated carbocycles. The summed E-state index contributed by atoms with van der Waals surface area (Å²) in [7, 11) is 2.98. The second-order valence-corrected chi connectivity index (χ2v) is 5.04. The number of hydrogen-bond acceptors (Lipinski definition) is 6. The van der Waals surface area contributed by atoms with E-state index in [-0.39, 0.29) is 11.3 Å². The summed E-state index contributed by atoms with van der Waals surface area (Å²) in [6, 6.07) is 12.1. The number of nitro benzene ring substituents is 1. The lowest BCUT2D eigenvalue weighted by Gasteiger charge is -2.08. The third-order valence-corrected chi connectivity index (χ3v) is 3.44. The standard InChI is InChI=1S/C18H15N3O5/c1-25-16-7-8-17(26-2)12(10-16)9-13(11-19)18(22)20-14-3-5-15(6-4-14)21(23)24/h3-10H,1-2H3,(H,20,22)/b13-9+. The Hall–Kier alpha value is -3.86. The molecule has 8 heteroatoms. The molecule has 1 amide bonds. The third kappa shape index (κ3) is 4.36. The number of ether oxygens (including phenoxy) is 2. The fraction of sp³-hybridized carbons (Fsp3) is 0.111. The van der Waals surface area contributed by atoms with Crippen LogP contribution in [0, 0.1) is 21.4 Å². The van der Waals surface area contributed by atoms with Crippen LogP contribution < -0.4 is 14.8 Å². The Morgan fingerprint density at radius 3 is 2.42 bits per heavy atom. The summed E-state index contributed by atoms with van der Waals surface area (Å²) in [5.41, 5.74) is 0.580. The lowest BCUT2D eigenvalue weighted by atomic mass is 10.1. The molecule has 0 spiro atoms. The number of carbonyl (C=O) groups excluding carboxylic acids is 1. The first-order valence-corrected chi connectivity index (χ1v) is 7.38. The van der Waals surface area contributed by atoms with Crippen LogP contribution in [-0.2, 0) is 4.79 Å². The number of non-ortho nitro benzene ring substituents is 1. The van der Waals surface area contributed by atoms with Crippen molar-refractivity contribution in [1.82, 2.24) is 0 Å². The number of carbonyl (C=O) groups is 1. The van der Waals surface area contributed by atoms with Gasteiger partial charge in [0.25, 0.3) is 11.6 Å². The Bertz CT molecular complexity index is 898. The first kappa shape index (κ1) is 18.5. The van der Waals surface area contributed by atoms with Crippen LogP contribution in [0.1, 0.15) is 5.56 Å². The zero-order valence-electron chi connectivity index (χ0n) is 14.1. The van der Waals surface area contributed by atoms with Gasteiger partial charge in [-0.3, -0.25) is 14.9 Å². The van der Waals surface area contributed by atoms with Gasteiger partial charge < -0.3 is 14.8 Å². The van der Waals surface area contributed by atoms with Gasteiger partial charge in [-0.05, 0) is 36.4 Å². The van der Waals surface area contributed by atoms with E-state index in [0.717, 1.165) is 0 Å². The minimum absolute atomic E-state index is 0.0971. The fourth-order valence-electron chi connectivity index (χ4n) is 2.12. The minimum atomic E-state index is -0.647. The lowest BCUT2D eigenvalue weighted by molar-refractivity contribution is -0.384. The molecule has 0 aliphatic heterocycles. The molecule has 0 bridgehead atoms. The van der Waals surface area contributed by atoms with Crippen LogP contribution in [0.3, 0.4) is 0 Å². The Morgan fingerprint density at radius 1 is 1.19 bits per heavy atom. The maximum absolute atomic E-state index is 12.3. The van der Waals surface area contributed by atoms with Crippen molar-refractivity contribution in [3.8, 4) is 17.6 Å². The number of amides is 1. The molecule has 0 unspecified atom stereocenters. The smallest absolute Gasteiger partial charge is 0.269 e. The molecule has 0 aromatic heterocycles. The van der Waals surface area contributed by atoms with Crippen LogP contribution in [0.2, 0.25) is 0 Å². The van der Waals surface area contributed by atoms with Gasteiger partial charge in [0.1, 0.15) is 23.1 Å². The number of nitrogens with zero attached hydrogens (tertiary/aromatic N) is 2. The summed E-state index contributed by atoms with van der Waals surface area (Å²) in [5.74, 6) is 0.373. The number of nitriles is 1. The van der Waals surface area contributed by atoms with Crippen molar-refractivity contribution in [2.45, 2.75) is 0 Å². The topological polar surface area (TPSA) is 114 Å². The molecule has 1 N–H and O–H groups in total. The van der Waals surface area contributed by atoms with Crippen molar-refractivity contribution in [1.29, 1.82) is 5.26 Å². The van der Waals surface area contributed by atoms with Crippen molar-refractivity contribution in [2.75, 3.05) is 19.5 Å². The number of anilines is 1. The second-order valence-electron chi connectivity index (χ2n) is 5.04. The Kier molecular flexibility index (Phi) is 5.90. The SMILES string of the molecule is COc1ccc(OC)c(/C=C(\C#N)C(=O)Nc2ccc([N+](=O)[O-])cc2)c1. The number of methoxy groups -OCH3 is 2. The van der Waals surface area contributed by atoms with Gasteiger partial charge in [-0.25, -0.2) is 0 Å². The summed E-state index contributed by atoms with van der Waals surface area (Å²) >= 11 is 0. The highest BCUT2D eigenvalue weighted by Crippen LogP contribution is 2.26. The molecule has 0 fully saturated rings. The normalized spacial score (nSPS) is 10.6. The van der Waals surface area contributed by atoms with E-state index in [4.69, 9.17) is 9.47 Å². The fourth-order valence-corrected chi connectivity index (χ4v) is 2.12. The van der Waals surface area contributed by atoms with Gasteiger partial charge in [0.05, 0.1) is 19.1 Å². The van der Waals surface area contributed by atoms with Gasteiger partial charge in [0.2, 0.25) is 0 Å². The molecule has 0 radical (unpaired) electrons. The van der Waals surface area contributed by atoms with E-state index in [1.54, 1.807) is 18.2 Å². The largest absolute Gasteiger partial charge is 0.497 e. The van der Waals surface area contributed by atoms with Gasteiger partial charge in [0, 0.05) is 23.4 Å². The number of nitro groups is 1. The molecule has 0 aliphatic carbocycles. The second kappa shape index (κ2) is 8.30. The quantitative estimate of drug-likeness (QED) is 0.369. The van der Waals surface area contributed by atoms with Gasteiger partial charge in [0.15, 0.2) is 0 Å². The molecule has 8 nitrogen and oxygen atoms in total. The van der Waals surface area contributed by atoms with Crippen molar-refractivity contribution < 1.29 is 19.2 Å². The number of benzene rings is 2. The summed E-state index contributed by atoms with van der Waals surface area (Å²) in [4.78, 5) is 22.4.